The summed E-state index contributed by atoms with van der Waals surface area (Å²) < 4.78 is 13.3. The molecule has 18 heavy (non-hydrogen) atoms. The number of nitrogens with one attached hydrogen (secondary N) is 1. The number of hydrogen-bond acceptors (Lipinski definition) is 3. The first kappa shape index (κ1) is 13.3. The van der Waals surface area contributed by atoms with E-state index in [1.165, 1.54) is 17.4 Å². The molecule has 1 N–H and O–H groups in total. The normalized spacial score (nSPS) is 10.4. The molecule has 94 valence electrons. The third kappa shape index (κ3) is 2.80. The van der Waals surface area contributed by atoms with Crippen LogP contribution in [0.5, 0.6) is 0 Å². The quantitative estimate of drug-likeness (QED) is 0.847. The fourth-order valence-corrected chi connectivity index (χ4v) is 2.40. The lowest BCUT2D eigenvalue weighted by Gasteiger charge is -2.05. The van der Waals surface area contributed by atoms with Gasteiger partial charge in [-0.1, -0.05) is 23.2 Å². The Kier molecular flexibility index (Phi) is 3.85. The highest BCUT2D eigenvalue weighted by Crippen LogP contribution is 2.25. The predicted octanol–water partition coefficient (Wildman–Crippen LogP) is 4.15. The first-order chi connectivity index (χ1) is 8.47. The molecule has 2 rings (SSSR count). The molecular formula is C11H7Cl2FN2OS. The lowest BCUT2D eigenvalue weighted by Crippen LogP contribution is -2.12. The second-order valence-electron chi connectivity index (χ2n) is 3.48. The molecule has 0 saturated heterocycles. The van der Waals surface area contributed by atoms with Crippen LogP contribution >= 0.6 is 34.5 Å². The van der Waals surface area contributed by atoms with Crippen molar-refractivity contribution in [3.05, 3.63) is 44.6 Å². The lowest BCUT2D eigenvalue weighted by atomic mass is 10.2. The van der Waals surface area contributed by atoms with Crippen molar-refractivity contribution in [2.45, 2.75) is 6.92 Å². The van der Waals surface area contributed by atoms with Gasteiger partial charge in [0.2, 0.25) is 0 Å². The van der Waals surface area contributed by atoms with Crippen LogP contribution in [0.1, 0.15) is 15.2 Å². The maximum absolute atomic E-state index is 13.3. The average Bonchev–Trinajstić information content (AvgIpc) is 2.69. The van der Waals surface area contributed by atoms with E-state index in [9.17, 15) is 9.18 Å². The molecule has 0 radical (unpaired) electrons. The van der Waals surface area contributed by atoms with Gasteiger partial charge < -0.3 is 0 Å². The number of aryl methyl sites for hydroxylation is 1. The Labute approximate surface area is 117 Å². The third-order valence-corrected chi connectivity index (χ3v) is 3.53. The molecule has 0 bridgehead atoms. The number of rotatable bonds is 2. The fraction of sp³-hybridized carbons (Fsp3) is 0.0909. The van der Waals surface area contributed by atoms with Crippen LogP contribution in [0.25, 0.3) is 0 Å². The number of aromatic nitrogens is 1. The molecule has 1 aromatic heterocycles. The molecule has 3 nitrogen and oxygen atoms in total. The molecule has 1 heterocycles. The lowest BCUT2D eigenvalue weighted by molar-refractivity contribution is 0.102. The summed E-state index contributed by atoms with van der Waals surface area (Å²) in [7, 11) is 0. The zero-order valence-electron chi connectivity index (χ0n) is 9.13. The molecule has 0 spiro atoms. The maximum Gasteiger partial charge on any atom is 0.259 e. The molecule has 7 heteroatoms. The number of anilines is 1. The van der Waals surface area contributed by atoms with E-state index in [0.717, 1.165) is 10.9 Å². The van der Waals surface area contributed by atoms with Gasteiger partial charge in [0.1, 0.15) is 5.82 Å². The van der Waals surface area contributed by atoms with E-state index in [-0.39, 0.29) is 15.6 Å². The van der Waals surface area contributed by atoms with E-state index < -0.39 is 11.7 Å². The van der Waals surface area contributed by atoms with E-state index in [4.69, 9.17) is 23.2 Å². The summed E-state index contributed by atoms with van der Waals surface area (Å²) in [5, 5.41) is 2.94. The monoisotopic (exact) mass is 304 g/mol. The molecule has 2 aromatic rings. The Hall–Kier alpha value is -1.17. The van der Waals surface area contributed by atoms with Crippen molar-refractivity contribution in [3.63, 3.8) is 0 Å². The molecule has 1 amide bonds. The van der Waals surface area contributed by atoms with E-state index in [2.05, 4.69) is 10.3 Å². The van der Waals surface area contributed by atoms with Crippen molar-refractivity contribution < 1.29 is 9.18 Å². The Balaban J connectivity index is 2.26. The molecule has 0 aliphatic rings. The van der Waals surface area contributed by atoms with Crippen molar-refractivity contribution in [1.82, 2.24) is 4.98 Å². The van der Waals surface area contributed by atoms with Gasteiger partial charge in [0.25, 0.3) is 5.91 Å². The van der Waals surface area contributed by atoms with E-state index in [0.29, 0.717) is 5.13 Å². The molecule has 0 aliphatic carbocycles. The number of amides is 1. The molecule has 0 fully saturated rings. The Morgan fingerprint density at radius 3 is 2.72 bits per heavy atom. The highest BCUT2D eigenvalue weighted by Gasteiger charge is 2.15. The van der Waals surface area contributed by atoms with Gasteiger partial charge in [-0.05, 0) is 19.1 Å². The highest BCUT2D eigenvalue weighted by molar-refractivity contribution is 7.15. The van der Waals surface area contributed by atoms with Gasteiger partial charge in [-0.25, -0.2) is 9.37 Å². The molecule has 0 aliphatic heterocycles. The number of thiazole rings is 1. The van der Waals surface area contributed by atoms with Crippen LogP contribution in [0.4, 0.5) is 9.52 Å². The van der Waals surface area contributed by atoms with Gasteiger partial charge in [0, 0.05) is 11.1 Å². The maximum atomic E-state index is 13.3. The molecule has 0 unspecified atom stereocenters. The van der Waals surface area contributed by atoms with E-state index >= 15 is 0 Å². The largest absolute Gasteiger partial charge is 0.298 e. The minimum Gasteiger partial charge on any atom is -0.298 e. The zero-order valence-corrected chi connectivity index (χ0v) is 11.5. The van der Waals surface area contributed by atoms with Crippen molar-refractivity contribution in [3.8, 4) is 0 Å². The van der Waals surface area contributed by atoms with E-state index in [1.807, 2.05) is 6.92 Å². The minimum absolute atomic E-state index is 0.0198. The third-order valence-electron chi connectivity index (χ3n) is 2.10. The van der Waals surface area contributed by atoms with Gasteiger partial charge in [0.15, 0.2) is 5.13 Å². The molecule has 0 saturated carbocycles. The number of hydrogen-bond donors (Lipinski definition) is 1. The van der Waals surface area contributed by atoms with Crippen LogP contribution < -0.4 is 5.32 Å². The second-order valence-corrected chi connectivity index (χ2v) is 5.53. The van der Waals surface area contributed by atoms with Crippen LogP contribution in [-0.4, -0.2) is 10.9 Å². The zero-order chi connectivity index (χ0) is 13.3. The average molecular weight is 305 g/mol. The van der Waals surface area contributed by atoms with Crippen LogP contribution in [0.2, 0.25) is 10.0 Å². The standard InChI is InChI=1S/C11H7Cl2FN2OS/c1-5-4-15-11(18-5)16-10(17)6-2-9(14)8(13)3-7(6)12/h2-4H,1H3,(H,15,16,17). The minimum atomic E-state index is -0.693. The summed E-state index contributed by atoms with van der Waals surface area (Å²) >= 11 is 12.7. The first-order valence-corrected chi connectivity index (χ1v) is 6.43. The van der Waals surface area contributed by atoms with Crippen LogP contribution in [-0.2, 0) is 0 Å². The summed E-state index contributed by atoms with van der Waals surface area (Å²) in [6, 6.07) is 2.20. The Morgan fingerprint density at radius 2 is 2.11 bits per heavy atom. The Morgan fingerprint density at radius 1 is 1.39 bits per heavy atom. The second kappa shape index (κ2) is 5.22. The molecule has 1 aromatic carbocycles. The number of carbonyl (C=O) groups excluding carboxylic acids is 1. The van der Waals surface area contributed by atoms with Crippen molar-refractivity contribution in [1.29, 1.82) is 0 Å². The van der Waals surface area contributed by atoms with Gasteiger partial charge in [0.05, 0.1) is 15.6 Å². The highest BCUT2D eigenvalue weighted by atomic mass is 35.5. The topological polar surface area (TPSA) is 42.0 Å². The summed E-state index contributed by atoms with van der Waals surface area (Å²) in [4.78, 5) is 16.8. The first-order valence-electron chi connectivity index (χ1n) is 4.85. The number of nitrogens with zero attached hydrogens (tertiary/aromatic N) is 1. The predicted molar refractivity (Wildman–Crippen MR) is 71.2 cm³/mol. The Bertz CT molecular complexity index is 615. The summed E-state index contributed by atoms with van der Waals surface area (Å²) in [5.41, 5.74) is 0.0198. The van der Waals surface area contributed by atoms with Gasteiger partial charge in [-0.3, -0.25) is 10.1 Å². The molecular weight excluding hydrogens is 298 g/mol. The fourth-order valence-electron chi connectivity index (χ4n) is 1.27. The molecule has 0 atom stereocenters. The summed E-state index contributed by atoms with van der Waals surface area (Å²) in [5.74, 6) is -1.22. The van der Waals surface area contributed by atoms with Gasteiger partial charge >= 0.3 is 0 Å². The SMILES string of the molecule is Cc1cnc(NC(=O)c2cc(F)c(Cl)cc2Cl)s1. The number of halogens is 3. The summed E-state index contributed by atoms with van der Waals surface area (Å²) in [6.07, 6.45) is 1.63. The summed E-state index contributed by atoms with van der Waals surface area (Å²) in [6.45, 7) is 1.86. The van der Waals surface area contributed by atoms with Crippen molar-refractivity contribution in [2.75, 3.05) is 5.32 Å². The van der Waals surface area contributed by atoms with Crippen molar-refractivity contribution >= 4 is 45.6 Å². The van der Waals surface area contributed by atoms with Crippen LogP contribution in [0, 0.1) is 12.7 Å². The van der Waals surface area contributed by atoms with Crippen molar-refractivity contribution in [2.24, 2.45) is 0 Å². The number of benzene rings is 1. The van der Waals surface area contributed by atoms with Crippen LogP contribution in [0.3, 0.4) is 0 Å². The van der Waals surface area contributed by atoms with Crippen LogP contribution in [0.15, 0.2) is 18.3 Å². The smallest absolute Gasteiger partial charge is 0.259 e. The number of carbonyl (C=O) groups is 1. The van der Waals surface area contributed by atoms with Gasteiger partial charge in [-0.2, -0.15) is 0 Å². The van der Waals surface area contributed by atoms with Gasteiger partial charge in [-0.15, -0.1) is 11.3 Å². The van der Waals surface area contributed by atoms with E-state index in [1.54, 1.807) is 6.20 Å².